The number of hydrogen-bond donors (Lipinski definition) is 0. The third-order valence-electron chi connectivity index (χ3n) is 7.81. The Morgan fingerprint density at radius 3 is 2.47 bits per heavy atom. The van der Waals surface area contributed by atoms with Gasteiger partial charge in [0.05, 0.1) is 24.0 Å². The Kier molecular flexibility index (Phi) is 6.57. The van der Waals surface area contributed by atoms with Gasteiger partial charge in [-0.3, -0.25) is 4.79 Å². The average Bonchev–Trinajstić information content (AvgIpc) is 3.73. The van der Waals surface area contributed by atoms with Gasteiger partial charge < -0.3 is 23.9 Å². The number of benzene rings is 1. The summed E-state index contributed by atoms with van der Waals surface area (Å²) >= 11 is 0. The molecule has 2 aliphatic carbocycles. The van der Waals surface area contributed by atoms with Crippen molar-refractivity contribution in [2.45, 2.75) is 50.6 Å². The molecule has 36 heavy (non-hydrogen) atoms. The number of ether oxygens (including phenoxy) is 1. The van der Waals surface area contributed by atoms with Crippen LogP contribution in [0.5, 0.6) is 5.75 Å². The van der Waals surface area contributed by atoms with E-state index in [1.54, 1.807) is 36.9 Å². The van der Waals surface area contributed by atoms with Gasteiger partial charge in [0.15, 0.2) is 0 Å². The molecule has 8 heteroatoms. The predicted molar refractivity (Wildman–Crippen MR) is 141 cm³/mol. The Morgan fingerprint density at radius 1 is 1.08 bits per heavy atom. The first kappa shape index (κ1) is 24.1. The second-order valence-corrected chi connectivity index (χ2v) is 10.1. The van der Waals surface area contributed by atoms with Crippen LogP contribution in [-0.2, 0) is 7.05 Å². The molecule has 0 bridgehead atoms. The summed E-state index contributed by atoms with van der Waals surface area (Å²) in [5.74, 6) is 1.31. The first-order valence-electron chi connectivity index (χ1n) is 12.6. The highest BCUT2D eigenvalue weighted by Crippen LogP contribution is 2.40. The van der Waals surface area contributed by atoms with Crippen LogP contribution in [0, 0.1) is 18.3 Å². The fraction of sp³-hybridized carbons (Fsp3) is 0.464. The molecular weight excluding hydrogens is 457 g/mol. The van der Waals surface area contributed by atoms with Crippen molar-refractivity contribution in [3.05, 3.63) is 64.0 Å². The van der Waals surface area contributed by atoms with Crippen LogP contribution in [0.2, 0.25) is 0 Å². The number of halogens is 1. The fourth-order valence-corrected chi connectivity index (χ4v) is 5.50. The Bertz CT molecular complexity index is 1370. The van der Waals surface area contributed by atoms with Crippen molar-refractivity contribution in [3.63, 3.8) is 0 Å². The number of anilines is 2. The molecule has 0 unspecified atom stereocenters. The van der Waals surface area contributed by atoms with Gasteiger partial charge in [-0.1, -0.05) is 6.57 Å². The van der Waals surface area contributed by atoms with E-state index >= 15 is 0 Å². The minimum Gasteiger partial charge on any atom is -0.494 e. The van der Waals surface area contributed by atoms with Crippen LogP contribution < -0.4 is 20.1 Å². The van der Waals surface area contributed by atoms with Gasteiger partial charge >= 0.3 is 0 Å². The SMILES string of the molecule is [C-]#[N+]c1ccc2c(n1)c(N(C)C1CCC(N(CC3CC3)c3ccc(F)cc3OC)CC1)cc(=O)n2C. The van der Waals surface area contributed by atoms with Crippen molar-refractivity contribution in [1.82, 2.24) is 9.55 Å². The van der Waals surface area contributed by atoms with Gasteiger partial charge in [0, 0.05) is 44.9 Å². The van der Waals surface area contributed by atoms with E-state index in [0.717, 1.165) is 49.1 Å². The highest BCUT2D eigenvalue weighted by atomic mass is 19.1. The van der Waals surface area contributed by atoms with Gasteiger partial charge in [-0.2, -0.15) is 0 Å². The Hall–Kier alpha value is -3.60. The van der Waals surface area contributed by atoms with Crippen molar-refractivity contribution in [2.24, 2.45) is 13.0 Å². The largest absolute Gasteiger partial charge is 0.494 e. The Balaban J connectivity index is 1.38. The van der Waals surface area contributed by atoms with E-state index in [1.165, 1.54) is 25.0 Å². The number of methoxy groups -OCH3 is 1. The van der Waals surface area contributed by atoms with Crippen molar-refractivity contribution < 1.29 is 9.13 Å². The molecule has 2 fully saturated rings. The number of nitrogens with zero attached hydrogens (tertiary/aromatic N) is 5. The molecule has 2 aliphatic rings. The van der Waals surface area contributed by atoms with Crippen molar-refractivity contribution in [1.29, 1.82) is 0 Å². The van der Waals surface area contributed by atoms with Gasteiger partial charge in [0.2, 0.25) is 5.52 Å². The van der Waals surface area contributed by atoms with E-state index in [-0.39, 0.29) is 17.4 Å². The Morgan fingerprint density at radius 2 is 1.81 bits per heavy atom. The van der Waals surface area contributed by atoms with Crippen molar-refractivity contribution in [3.8, 4) is 5.75 Å². The molecule has 0 amide bonds. The average molecular weight is 490 g/mol. The van der Waals surface area contributed by atoms with E-state index in [9.17, 15) is 9.18 Å². The number of pyridine rings is 2. The molecule has 0 atom stereocenters. The normalized spacial score (nSPS) is 19.6. The van der Waals surface area contributed by atoms with E-state index in [4.69, 9.17) is 11.3 Å². The minimum absolute atomic E-state index is 0.0885. The highest BCUT2D eigenvalue weighted by Gasteiger charge is 2.34. The summed E-state index contributed by atoms with van der Waals surface area (Å²) in [4.78, 5) is 25.3. The van der Waals surface area contributed by atoms with Crippen molar-refractivity contribution >= 4 is 28.2 Å². The monoisotopic (exact) mass is 489 g/mol. The summed E-state index contributed by atoms with van der Waals surface area (Å²) in [5.41, 5.74) is 3.06. The zero-order chi connectivity index (χ0) is 25.4. The summed E-state index contributed by atoms with van der Waals surface area (Å²) < 4.78 is 21.0. The van der Waals surface area contributed by atoms with Gasteiger partial charge in [-0.15, -0.1) is 4.98 Å². The fourth-order valence-electron chi connectivity index (χ4n) is 5.50. The van der Waals surface area contributed by atoms with E-state index in [2.05, 4.69) is 19.6 Å². The van der Waals surface area contributed by atoms with E-state index in [1.807, 2.05) is 13.1 Å². The quantitative estimate of drug-likeness (QED) is 0.422. The topological polar surface area (TPSA) is 55.0 Å². The van der Waals surface area contributed by atoms with Crippen LogP contribution in [0.25, 0.3) is 15.9 Å². The van der Waals surface area contributed by atoms with Gasteiger partial charge in [-0.05, 0) is 68.7 Å². The van der Waals surface area contributed by atoms with Gasteiger partial charge in [0.25, 0.3) is 11.4 Å². The van der Waals surface area contributed by atoms with Crippen LogP contribution in [0.4, 0.5) is 21.6 Å². The molecule has 2 heterocycles. The van der Waals surface area contributed by atoms with Crippen LogP contribution >= 0.6 is 0 Å². The minimum atomic E-state index is -0.288. The summed E-state index contributed by atoms with van der Waals surface area (Å²) in [7, 11) is 5.36. The lowest BCUT2D eigenvalue weighted by atomic mass is 9.88. The lowest BCUT2D eigenvalue weighted by molar-refractivity contribution is 0.359. The molecule has 3 aromatic rings. The summed E-state index contributed by atoms with van der Waals surface area (Å²) in [6.07, 6.45) is 6.40. The maximum atomic E-state index is 13.9. The van der Waals surface area contributed by atoms with Crippen LogP contribution in [-0.4, -0.2) is 42.3 Å². The maximum Gasteiger partial charge on any atom is 0.270 e. The van der Waals surface area contributed by atoms with Gasteiger partial charge in [0.1, 0.15) is 11.6 Å². The Labute approximate surface area is 210 Å². The molecule has 7 nitrogen and oxygen atoms in total. The number of aryl methyl sites for hydroxylation is 1. The predicted octanol–water partition coefficient (Wildman–Crippen LogP) is 5.30. The number of aromatic nitrogens is 2. The zero-order valence-electron chi connectivity index (χ0n) is 21.1. The maximum absolute atomic E-state index is 13.9. The number of fused-ring (bicyclic) bond motifs is 1. The molecule has 0 N–H and O–H groups in total. The van der Waals surface area contributed by atoms with E-state index in [0.29, 0.717) is 29.0 Å². The van der Waals surface area contributed by atoms with Crippen LogP contribution in [0.3, 0.4) is 0 Å². The second-order valence-electron chi connectivity index (χ2n) is 10.1. The number of rotatable bonds is 7. The van der Waals surface area contributed by atoms with Crippen LogP contribution in [0.1, 0.15) is 38.5 Å². The third-order valence-corrected chi connectivity index (χ3v) is 7.81. The molecule has 0 saturated heterocycles. The first-order valence-corrected chi connectivity index (χ1v) is 12.6. The number of hydrogen-bond acceptors (Lipinski definition) is 5. The summed E-state index contributed by atoms with van der Waals surface area (Å²) in [6.45, 7) is 8.33. The molecule has 0 aliphatic heterocycles. The molecule has 188 valence electrons. The lowest BCUT2D eigenvalue weighted by Gasteiger charge is -2.41. The molecule has 2 aromatic heterocycles. The second kappa shape index (κ2) is 9.81. The van der Waals surface area contributed by atoms with E-state index < -0.39 is 0 Å². The zero-order valence-corrected chi connectivity index (χ0v) is 21.1. The van der Waals surface area contributed by atoms with Crippen LogP contribution in [0.15, 0.2) is 41.2 Å². The summed E-state index contributed by atoms with van der Waals surface area (Å²) in [5, 5.41) is 0. The molecule has 2 saturated carbocycles. The molecule has 0 spiro atoms. The molecule has 0 radical (unpaired) electrons. The van der Waals surface area contributed by atoms with Gasteiger partial charge in [-0.25, -0.2) is 4.39 Å². The third kappa shape index (κ3) is 4.62. The highest BCUT2D eigenvalue weighted by molar-refractivity contribution is 5.89. The first-order chi connectivity index (χ1) is 17.4. The smallest absolute Gasteiger partial charge is 0.270 e. The summed E-state index contributed by atoms with van der Waals surface area (Å²) in [6, 6.07) is 10.5. The molecule has 1 aromatic carbocycles. The van der Waals surface area contributed by atoms with Crippen molar-refractivity contribution in [2.75, 3.05) is 30.5 Å². The standard InChI is InChI=1S/C28H32FN5O2/c1-30-26-14-13-23-28(31-26)24(16-27(35)33(23)3)32(2)20-8-10-21(11-9-20)34(17-18-5-6-18)22-12-7-19(29)15-25(22)36-4/h7,12-16,18,20-21H,5-6,8-11,17H2,2-4H3. The lowest BCUT2D eigenvalue weighted by Crippen LogP contribution is -2.44. The molecule has 5 rings (SSSR count). The molecular formula is C28H32FN5O2.